The van der Waals surface area contributed by atoms with Gasteiger partial charge in [-0.3, -0.25) is 9.69 Å². The minimum absolute atomic E-state index is 0.00402. The number of nitrogens with zero attached hydrogens (tertiary/aromatic N) is 2. The molecule has 1 aliphatic rings. The molecule has 1 unspecified atom stereocenters. The topological polar surface area (TPSA) is 91.0 Å². The van der Waals surface area contributed by atoms with Gasteiger partial charge < -0.3 is 20.3 Å². The van der Waals surface area contributed by atoms with Crippen molar-refractivity contribution in [3.8, 4) is 0 Å². The van der Waals surface area contributed by atoms with Gasteiger partial charge in [0, 0.05) is 25.3 Å². The lowest BCUT2D eigenvalue weighted by Crippen LogP contribution is -2.49. The van der Waals surface area contributed by atoms with Crippen LogP contribution in [0.4, 0.5) is 4.79 Å². The second kappa shape index (κ2) is 10.6. The van der Waals surface area contributed by atoms with Gasteiger partial charge in [0.1, 0.15) is 0 Å². The van der Waals surface area contributed by atoms with Crippen molar-refractivity contribution in [3.05, 3.63) is 47.2 Å². The van der Waals surface area contributed by atoms with Crippen molar-refractivity contribution < 1.29 is 19.1 Å². The lowest BCUT2D eigenvalue weighted by atomic mass is 9.95. The van der Waals surface area contributed by atoms with Crippen molar-refractivity contribution in [2.45, 2.75) is 26.8 Å². The van der Waals surface area contributed by atoms with Crippen molar-refractivity contribution in [2.75, 3.05) is 39.8 Å². The van der Waals surface area contributed by atoms with E-state index in [1.54, 1.807) is 23.8 Å². The number of nitrogens with one attached hydrogen (secondary N) is 2. The maximum absolute atomic E-state index is 12.7. The molecule has 0 bridgehead atoms. The lowest BCUT2D eigenvalue weighted by molar-refractivity contribution is -0.139. The van der Waals surface area contributed by atoms with Crippen LogP contribution in [-0.4, -0.2) is 67.5 Å². The minimum atomic E-state index is -0.620. The molecule has 8 heteroatoms. The minimum Gasteiger partial charge on any atom is -0.463 e. The molecule has 3 amide bonds. The van der Waals surface area contributed by atoms with E-state index in [9.17, 15) is 14.4 Å². The number of hydrogen-bond donors (Lipinski definition) is 2. The van der Waals surface area contributed by atoms with Crippen LogP contribution in [0, 0.1) is 0 Å². The number of carbonyl (C=O) groups excluding carboxylic acids is 3. The molecule has 2 rings (SSSR count). The van der Waals surface area contributed by atoms with Gasteiger partial charge in [-0.2, -0.15) is 0 Å². The van der Waals surface area contributed by atoms with E-state index in [1.165, 1.54) is 0 Å². The van der Waals surface area contributed by atoms with E-state index < -0.39 is 18.0 Å². The highest BCUT2D eigenvalue weighted by Gasteiger charge is 2.34. The SMILES string of the molecule is CCOC(=O)C1=C(CN(C)CC(=O)N(CC)CC)NC(=O)NC1c1ccccc1. The molecule has 158 valence electrons. The lowest BCUT2D eigenvalue weighted by Gasteiger charge is -2.31. The molecule has 8 nitrogen and oxygen atoms in total. The predicted octanol–water partition coefficient (Wildman–Crippen LogP) is 1.66. The molecule has 0 saturated carbocycles. The van der Waals surface area contributed by atoms with Crippen LogP contribution in [0.5, 0.6) is 0 Å². The fourth-order valence-corrected chi connectivity index (χ4v) is 3.32. The van der Waals surface area contributed by atoms with Gasteiger partial charge in [-0.25, -0.2) is 9.59 Å². The Morgan fingerprint density at radius 2 is 1.76 bits per heavy atom. The second-order valence-corrected chi connectivity index (χ2v) is 6.79. The molecule has 0 saturated heterocycles. The zero-order valence-electron chi connectivity index (χ0n) is 17.5. The monoisotopic (exact) mass is 402 g/mol. The molecule has 0 radical (unpaired) electrons. The Balaban J connectivity index is 2.33. The Kier molecular flexibility index (Phi) is 8.21. The summed E-state index contributed by atoms with van der Waals surface area (Å²) in [5, 5.41) is 5.53. The van der Waals surface area contributed by atoms with Crippen LogP contribution in [0.15, 0.2) is 41.6 Å². The average molecular weight is 402 g/mol. The molecule has 0 aromatic heterocycles. The van der Waals surface area contributed by atoms with Gasteiger partial charge in [-0.1, -0.05) is 30.3 Å². The number of rotatable bonds is 9. The number of ether oxygens (including phenoxy) is 1. The first-order valence-electron chi connectivity index (χ1n) is 9.90. The molecule has 0 aliphatic carbocycles. The molecular weight excluding hydrogens is 372 g/mol. The normalized spacial score (nSPS) is 16.3. The highest BCUT2D eigenvalue weighted by atomic mass is 16.5. The summed E-state index contributed by atoms with van der Waals surface area (Å²) in [6.45, 7) is 7.51. The number of likely N-dealkylation sites (N-methyl/N-ethyl adjacent to an activating group) is 2. The first-order valence-corrected chi connectivity index (χ1v) is 9.90. The molecule has 1 atom stereocenters. The molecule has 0 spiro atoms. The van der Waals surface area contributed by atoms with Crippen LogP contribution in [0.2, 0.25) is 0 Å². The second-order valence-electron chi connectivity index (χ2n) is 6.79. The van der Waals surface area contributed by atoms with E-state index >= 15 is 0 Å². The van der Waals surface area contributed by atoms with Crippen molar-refractivity contribution in [3.63, 3.8) is 0 Å². The largest absolute Gasteiger partial charge is 0.463 e. The van der Waals surface area contributed by atoms with Gasteiger partial charge in [0.25, 0.3) is 0 Å². The summed E-state index contributed by atoms with van der Waals surface area (Å²) in [6.07, 6.45) is 0. The number of benzene rings is 1. The third-order valence-electron chi connectivity index (χ3n) is 4.73. The molecule has 1 aromatic rings. The molecular formula is C21H30N4O4. The summed E-state index contributed by atoms with van der Waals surface area (Å²) in [7, 11) is 1.78. The Bertz CT molecular complexity index is 759. The summed E-state index contributed by atoms with van der Waals surface area (Å²) >= 11 is 0. The van der Waals surface area contributed by atoms with Crippen LogP contribution < -0.4 is 10.6 Å². The highest BCUT2D eigenvalue weighted by Crippen LogP contribution is 2.27. The number of carbonyl (C=O) groups is 3. The van der Waals surface area contributed by atoms with Crippen molar-refractivity contribution in [1.29, 1.82) is 0 Å². The molecule has 1 aliphatic heterocycles. The Labute approximate surface area is 171 Å². The van der Waals surface area contributed by atoms with Crippen LogP contribution >= 0.6 is 0 Å². The van der Waals surface area contributed by atoms with E-state index in [-0.39, 0.29) is 25.6 Å². The maximum atomic E-state index is 12.7. The number of hydrogen-bond acceptors (Lipinski definition) is 5. The third kappa shape index (κ3) is 5.80. The van der Waals surface area contributed by atoms with Crippen molar-refractivity contribution in [1.82, 2.24) is 20.4 Å². The zero-order valence-corrected chi connectivity index (χ0v) is 17.5. The fourth-order valence-electron chi connectivity index (χ4n) is 3.32. The Morgan fingerprint density at radius 3 is 2.34 bits per heavy atom. The number of esters is 1. The zero-order chi connectivity index (χ0) is 21.4. The van der Waals surface area contributed by atoms with E-state index in [1.807, 2.05) is 44.2 Å². The van der Waals surface area contributed by atoms with Crippen molar-refractivity contribution >= 4 is 17.9 Å². The van der Waals surface area contributed by atoms with Crippen LogP contribution in [-0.2, 0) is 14.3 Å². The molecule has 1 aromatic carbocycles. The third-order valence-corrected chi connectivity index (χ3v) is 4.73. The molecule has 1 heterocycles. The van der Waals surface area contributed by atoms with Crippen LogP contribution in [0.25, 0.3) is 0 Å². The molecule has 2 N–H and O–H groups in total. The first-order chi connectivity index (χ1) is 13.9. The maximum Gasteiger partial charge on any atom is 0.338 e. The first kappa shape index (κ1) is 22.4. The average Bonchev–Trinajstić information content (AvgIpc) is 2.69. The van der Waals surface area contributed by atoms with Gasteiger partial charge in [-0.15, -0.1) is 0 Å². The molecule has 29 heavy (non-hydrogen) atoms. The highest BCUT2D eigenvalue weighted by molar-refractivity contribution is 5.95. The van der Waals surface area contributed by atoms with E-state index in [2.05, 4.69) is 10.6 Å². The summed E-state index contributed by atoms with van der Waals surface area (Å²) in [6, 6.07) is 8.24. The standard InChI is InChI=1S/C21H30N4O4/c1-5-25(6-2)17(26)14-24(4)13-16-18(20(27)29-7-3)19(23-21(28)22-16)15-11-9-8-10-12-15/h8-12,19H,5-7,13-14H2,1-4H3,(H2,22,23,28). The predicted molar refractivity (Wildman–Crippen MR) is 110 cm³/mol. The number of amides is 3. The van der Waals surface area contributed by atoms with Gasteiger partial charge in [0.2, 0.25) is 5.91 Å². The van der Waals surface area contributed by atoms with Gasteiger partial charge in [0.05, 0.1) is 24.8 Å². The summed E-state index contributed by atoms with van der Waals surface area (Å²) in [5.41, 5.74) is 1.57. The van der Waals surface area contributed by atoms with E-state index in [0.29, 0.717) is 24.4 Å². The van der Waals surface area contributed by atoms with Crippen LogP contribution in [0.3, 0.4) is 0 Å². The van der Waals surface area contributed by atoms with Gasteiger partial charge >= 0.3 is 12.0 Å². The summed E-state index contributed by atoms with van der Waals surface area (Å²) in [5.74, 6) is -0.497. The van der Waals surface area contributed by atoms with Gasteiger partial charge in [0.15, 0.2) is 0 Å². The van der Waals surface area contributed by atoms with Gasteiger partial charge in [-0.05, 0) is 33.4 Å². The summed E-state index contributed by atoms with van der Waals surface area (Å²) < 4.78 is 5.25. The van der Waals surface area contributed by atoms with E-state index in [0.717, 1.165) is 5.56 Å². The smallest absolute Gasteiger partial charge is 0.338 e. The quantitative estimate of drug-likeness (QED) is 0.613. The van der Waals surface area contributed by atoms with E-state index in [4.69, 9.17) is 4.74 Å². The summed E-state index contributed by atoms with van der Waals surface area (Å²) in [4.78, 5) is 40.9. The molecule has 0 fully saturated rings. The van der Waals surface area contributed by atoms with Crippen molar-refractivity contribution in [2.24, 2.45) is 0 Å². The Hall–Kier alpha value is -2.87. The Morgan fingerprint density at radius 1 is 1.10 bits per heavy atom. The number of urea groups is 1. The van der Waals surface area contributed by atoms with Crippen LogP contribution in [0.1, 0.15) is 32.4 Å². The fraction of sp³-hybridized carbons (Fsp3) is 0.476.